The van der Waals surface area contributed by atoms with Gasteiger partial charge in [0.05, 0.1) is 6.04 Å². The molecule has 1 aliphatic rings. The minimum Gasteiger partial charge on any atom is -0.339 e. The fourth-order valence-corrected chi connectivity index (χ4v) is 4.55. The highest BCUT2D eigenvalue weighted by Crippen LogP contribution is 2.34. The van der Waals surface area contributed by atoms with Gasteiger partial charge in [0.15, 0.2) is 0 Å². The van der Waals surface area contributed by atoms with Gasteiger partial charge in [-0.05, 0) is 36.8 Å². The summed E-state index contributed by atoms with van der Waals surface area (Å²) in [5.41, 5.74) is 1.20. The van der Waals surface area contributed by atoms with Gasteiger partial charge in [-0.15, -0.1) is 22.9 Å². The molecule has 0 unspecified atom stereocenters. The fraction of sp³-hybridized carbons (Fsp3) is 0.389. The number of benzene rings is 1. The molecule has 3 nitrogen and oxygen atoms in total. The first-order chi connectivity index (χ1) is 11.6. The zero-order valence-corrected chi connectivity index (χ0v) is 15.9. The predicted octanol–water partition coefficient (Wildman–Crippen LogP) is 4.18. The summed E-state index contributed by atoms with van der Waals surface area (Å²) in [6.45, 7) is 5.22. The highest BCUT2D eigenvalue weighted by molar-refractivity contribution is 7.12. The van der Waals surface area contributed by atoms with Crippen LogP contribution < -0.4 is 0 Å². The number of nitrogens with zero attached hydrogens (tertiary/aromatic N) is 2. The second kappa shape index (κ2) is 7.87. The largest absolute Gasteiger partial charge is 0.339 e. The number of hydrogen-bond donors (Lipinski definition) is 0. The Morgan fingerprint density at radius 1 is 1.21 bits per heavy atom. The van der Waals surface area contributed by atoms with E-state index in [0.717, 1.165) is 18.1 Å². The van der Waals surface area contributed by atoms with Crippen LogP contribution in [0.3, 0.4) is 0 Å². The highest BCUT2D eigenvalue weighted by Gasteiger charge is 2.28. The lowest BCUT2D eigenvalue weighted by Crippen LogP contribution is -2.50. The molecule has 1 amide bonds. The Bertz CT molecular complexity index is 711. The van der Waals surface area contributed by atoms with Crippen LogP contribution in [0.25, 0.3) is 0 Å². The van der Waals surface area contributed by atoms with Crippen molar-refractivity contribution in [3.63, 3.8) is 0 Å². The molecule has 0 N–H and O–H groups in total. The Morgan fingerprint density at radius 2 is 1.96 bits per heavy atom. The fourth-order valence-electron chi connectivity index (χ4n) is 3.15. The van der Waals surface area contributed by atoms with E-state index in [0.29, 0.717) is 13.1 Å². The molecular weight excluding hydrogens is 363 g/mol. The number of aryl methyl sites for hydroxylation is 1. The molecular formula is C18H20Cl2N2OS. The molecule has 2 heterocycles. The maximum atomic E-state index is 11.8. The molecule has 2 aromatic rings. The lowest BCUT2D eigenvalue weighted by Gasteiger charge is -2.39. The Morgan fingerprint density at radius 3 is 2.54 bits per heavy atom. The molecule has 0 spiro atoms. The first-order valence-corrected chi connectivity index (χ1v) is 9.71. The zero-order valence-electron chi connectivity index (χ0n) is 13.5. The Hall–Kier alpha value is -1.07. The number of hydrogen-bond acceptors (Lipinski definition) is 3. The van der Waals surface area contributed by atoms with E-state index in [-0.39, 0.29) is 17.8 Å². The SMILES string of the molecule is Cc1ccc([C@H](c2cccc(Cl)c2)N2CCN(C(=O)CCl)CC2)s1. The third-order valence-electron chi connectivity index (χ3n) is 4.34. The summed E-state index contributed by atoms with van der Waals surface area (Å²) in [7, 11) is 0. The van der Waals surface area contributed by atoms with Gasteiger partial charge in [0.1, 0.15) is 5.88 Å². The summed E-state index contributed by atoms with van der Waals surface area (Å²) in [6.07, 6.45) is 0. The van der Waals surface area contributed by atoms with E-state index in [9.17, 15) is 4.79 Å². The van der Waals surface area contributed by atoms with Gasteiger partial charge in [-0.25, -0.2) is 0 Å². The maximum absolute atomic E-state index is 11.8. The summed E-state index contributed by atoms with van der Waals surface area (Å²) in [4.78, 5) is 18.7. The second-order valence-corrected chi connectivity index (χ2v) is 7.98. The van der Waals surface area contributed by atoms with Crippen molar-refractivity contribution < 1.29 is 4.79 Å². The Labute approximate surface area is 156 Å². The molecule has 1 aliphatic heterocycles. The molecule has 1 aromatic carbocycles. The summed E-state index contributed by atoms with van der Waals surface area (Å²) < 4.78 is 0. The molecule has 1 fully saturated rings. The van der Waals surface area contributed by atoms with Gasteiger partial charge in [0.2, 0.25) is 5.91 Å². The monoisotopic (exact) mass is 382 g/mol. The smallest absolute Gasteiger partial charge is 0.237 e. The van der Waals surface area contributed by atoms with Crippen LogP contribution in [-0.2, 0) is 4.79 Å². The number of thiophene rings is 1. The third kappa shape index (κ3) is 3.94. The van der Waals surface area contributed by atoms with Gasteiger partial charge < -0.3 is 4.90 Å². The van der Waals surface area contributed by atoms with Gasteiger partial charge in [-0.3, -0.25) is 9.69 Å². The number of rotatable bonds is 4. The number of carbonyl (C=O) groups excluding carboxylic acids is 1. The van der Waals surface area contributed by atoms with Crippen molar-refractivity contribution in [2.24, 2.45) is 0 Å². The standard InChI is InChI=1S/C18H20Cl2N2OS/c1-13-5-6-16(24-13)18(14-3-2-4-15(20)11-14)22-9-7-21(8-10-22)17(23)12-19/h2-6,11,18H,7-10,12H2,1H3/t18-/m0/s1. The third-order valence-corrected chi connectivity index (χ3v) is 5.86. The number of piperazine rings is 1. The molecule has 3 rings (SSSR count). The van der Waals surface area contributed by atoms with Crippen molar-refractivity contribution >= 4 is 40.4 Å². The molecule has 1 aromatic heterocycles. The Balaban J connectivity index is 1.85. The number of carbonyl (C=O) groups is 1. The van der Waals surface area contributed by atoms with Crippen molar-refractivity contribution in [3.05, 3.63) is 56.7 Å². The van der Waals surface area contributed by atoms with Crippen molar-refractivity contribution in [1.29, 1.82) is 0 Å². The van der Waals surface area contributed by atoms with Crippen LogP contribution in [-0.4, -0.2) is 47.8 Å². The first kappa shape index (κ1) is 17.7. The van der Waals surface area contributed by atoms with Crippen LogP contribution in [0.5, 0.6) is 0 Å². The predicted molar refractivity (Wildman–Crippen MR) is 101 cm³/mol. The zero-order chi connectivity index (χ0) is 17.1. The van der Waals surface area contributed by atoms with Gasteiger partial charge in [-0.2, -0.15) is 0 Å². The first-order valence-electron chi connectivity index (χ1n) is 7.98. The molecule has 0 radical (unpaired) electrons. The summed E-state index contributed by atoms with van der Waals surface area (Å²) in [5, 5.41) is 0.752. The van der Waals surface area contributed by atoms with Crippen LogP contribution in [0.1, 0.15) is 21.4 Å². The van der Waals surface area contributed by atoms with E-state index in [1.54, 1.807) is 0 Å². The van der Waals surface area contributed by atoms with E-state index in [1.165, 1.54) is 15.3 Å². The second-order valence-electron chi connectivity index (χ2n) is 5.96. The van der Waals surface area contributed by atoms with Crippen molar-refractivity contribution in [2.45, 2.75) is 13.0 Å². The maximum Gasteiger partial charge on any atom is 0.237 e. The highest BCUT2D eigenvalue weighted by atomic mass is 35.5. The molecule has 6 heteroatoms. The van der Waals surface area contributed by atoms with E-state index >= 15 is 0 Å². The molecule has 1 saturated heterocycles. The van der Waals surface area contributed by atoms with Gasteiger partial charge >= 0.3 is 0 Å². The van der Waals surface area contributed by atoms with Crippen molar-refractivity contribution in [2.75, 3.05) is 32.1 Å². The van der Waals surface area contributed by atoms with Crippen LogP contribution in [0.15, 0.2) is 36.4 Å². The number of halogens is 2. The van der Waals surface area contributed by atoms with Crippen LogP contribution >= 0.6 is 34.5 Å². The van der Waals surface area contributed by atoms with Crippen molar-refractivity contribution in [3.8, 4) is 0 Å². The van der Waals surface area contributed by atoms with E-state index < -0.39 is 0 Å². The lowest BCUT2D eigenvalue weighted by atomic mass is 10.0. The summed E-state index contributed by atoms with van der Waals surface area (Å²) in [5.74, 6) is 0.0737. The molecule has 0 bridgehead atoms. The van der Waals surface area contributed by atoms with Crippen LogP contribution in [0.2, 0.25) is 5.02 Å². The quantitative estimate of drug-likeness (QED) is 0.740. The molecule has 0 saturated carbocycles. The minimum absolute atomic E-state index is 0.0163. The average molecular weight is 383 g/mol. The molecule has 24 heavy (non-hydrogen) atoms. The van der Waals surface area contributed by atoms with E-state index in [4.69, 9.17) is 23.2 Å². The Kier molecular flexibility index (Phi) is 5.82. The summed E-state index contributed by atoms with van der Waals surface area (Å²) >= 11 is 13.7. The van der Waals surface area contributed by atoms with Crippen molar-refractivity contribution in [1.82, 2.24) is 9.80 Å². The molecule has 128 valence electrons. The molecule has 0 aliphatic carbocycles. The minimum atomic E-state index is 0.0163. The molecule has 1 atom stereocenters. The van der Waals surface area contributed by atoms with Gasteiger partial charge in [-0.1, -0.05) is 23.7 Å². The summed E-state index contributed by atoms with van der Waals surface area (Å²) in [6, 6.07) is 12.6. The normalized spacial score (nSPS) is 17.0. The number of amides is 1. The topological polar surface area (TPSA) is 23.6 Å². The van der Waals surface area contributed by atoms with Crippen LogP contribution in [0.4, 0.5) is 0 Å². The van der Waals surface area contributed by atoms with Gasteiger partial charge in [0, 0.05) is 41.0 Å². The van der Waals surface area contributed by atoms with Gasteiger partial charge in [0.25, 0.3) is 0 Å². The lowest BCUT2D eigenvalue weighted by molar-refractivity contribution is -0.130. The number of alkyl halides is 1. The van der Waals surface area contributed by atoms with Crippen LogP contribution in [0, 0.1) is 6.92 Å². The van der Waals surface area contributed by atoms with E-state index in [2.05, 4.69) is 30.0 Å². The average Bonchev–Trinajstić information content (AvgIpc) is 3.01. The van der Waals surface area contributed by atoms with E-state index in [1.807, 2.05) is 34.4 Å².